The number of anilines is 1. The molecule has 0 aliphatic carbocycles. The summed E-state index contributed by atoms with van der Waals surface area (Å²) in [6, 6.07) is 3.53. The van der Waals surface area contributed by atoms with Crippen LogP contribution in [0.4, 0.5) is 10.1 Å². The average molecular weight is 213 g/mol. The van der Waals surface area contributed by atoms with Crippen molar-refractivity contribution < 1.29 is 18.7 Å². The molecule has 0 aliphatic heterocycles. The number of hydrogen-bond donors (Lipinski definition) is 1. The zero-order valence-corrected chi connectivity index (χ0v) is 8.33. The van der Waals surface area contributed by atoms with Crippen molar-refractivity contribution >= 4 is 11.7 Å². The standard InChI is InChI=1S/C10H12FNO3/c1-2-14-6-15-10(13)7-3-8(11)5-9(12)4-7/h3-5H,2,6,12H2,1H3. The summed E-state index contributed by atoms with van der Waals surface area (Å²) in [5.41, 5.74) is 5.63. The third-order valence-electron chi connectivity index (χ3n) is 1.63. The van der Waals surface area contributed by atoms with Crippen LogP contribution in [0.3, 0.4) is 0 Å². The number of hydrogen-bond acceptors (Lipinski definition) is 4. The van der Waals surface area contributed by atoms with Crippen molar-refractivity contribution in [2.24, 2.45) is 0 Å². The zero-order chi connectivity index (χ0) is 11.3. The van der Waals surface area contributed by atoms with Crippen molar-refractivity contribution in [2.45, 2.75) is 6.92 Å². The molecular weight excluding hydrogens is 201 g/mol. The van der Waals surface area contributed by atoms with Crippen molar-refractivity contribution in [2.75, 3.05) is 19.1 Å². The Balaban J connectivity index is 2.65. The summed E-state index contributed by atoms with van der Waals surface area (Å²) >= 11 is 0. The summed E-state index contributed by atoms with van der Waals surface area (Å²) in [5, 5.41) is 0. The number of benzene rings is 1. The number of carbonyl (C=O) groups is 1. The van der Waals surface area contributed by atoms with E-state index in [-0.39, 0.29) is 18.0 Å². The van der Waals surface area contributed by atoms with E-state index in [0.29, 0.717) is 6.61 Å². The topological polar surface area (TPSA) is 61.5 Å². The number of nitrogen functional groups attached to an aromatic ring is 1. The molecule has 15 heavy (non-hydrogen) atoms. The molecule has 0 amide bonds. The van der Waals surface area contributed by atoms with E-state index in [1.807, 2.05) is 0 Å². The van der Waals surface area contributed by atoms with Gasteiger partial charge in [-0.05, 0) is 25.1 Å². The minimum absolute atomic E-state index is 0.0761. The van der Waals surface area contributed by atoms with Crippen LogP contribution in [0.1, 0.15) is 17.3 Å². The molecule has 1 aromatic carbocycles. The molecule has 1 aromatic rings. The highest BCUT2D eigenvalue weighted by molar-refractivity contribution is 5.90. The molecule has 4 nitrogen and oxygen atoms in total. The van der Waals surface area contributed by atoms with Gasteiger partial charge in [0.05, 0.1) is 5.56 Å². The molecule has 0 aromatic heterocycles. The van der Waals surface area contributed by atoms with Gasteiger partial charge >= 0.3 is 5.97 Å². The zero-order valence-electron chi connectivity index (χ0n) is 8.33. The second kappa shape index (κ2) is 5.31. The van der Waals surface area contributed by atoms with Gasteiger partial charge in [-0.2, -0.15) is 0 Å². The van der Waals surface area contributed by atoms with Gasteiger partial charge in [-0.15, -0.1) is 0 Å². The summed E-state index contributed by atoms with van der Waals surface area (Å²) in [6.45, 7) is 2.07. The quantitative estimate of drug-likeness (QED) is 0.357. The van der Waals surface area contributed by atoms with Crippen molar-refractivity contribution in [1.82, 2.24) is 0 Å². The molecule has 0 atom stereocenters. The maximum Gasteiger partial charge on any atom is 0.340 e. The fraction of sp³-hybridized carbons (Fsp3) is 0.300. The Kier molecular flexibility index (Phi) is 4.05. The summed E-state index contributed by atoms with van der Waals surface area (Å²) in [7, 11) is 0. The van der Waals surface area contributed by atoms with Crippen LogP contribution in [0.25, 0.3) is 0 Å². The van der Waals surface area contributed by atoms with Gasteiger partial charge in [-0.1, -0.05) is 0 Å². The fourth-order valence-corrected chi connectivity index (χ4v) is 0.992. The summed E-state index contributed by atoms with van der Waals surface area (Å²) in [5.74, 6) is -1.23. The molecule has 1 rings (SSSR count). The van der Waals surface area contributed by atoms with Gasteiger partial charge in [0.15, 0.2) is 6.79 Å². The van der Waals surface area contributed by atoms with Gasteiger partial charge in [0.1, 0.15) is 5.82 Å². The molecule has 82 valence electrons. The van der Waals surface area contributed by atoms with E-state index in [1.165, 1.54) is 6.07 Å². The van der Waals surface area contributed by atoms with Crippen molar-refractivity contribution in [3.63, 3.8) is 0 Å². The molecule has 0 bridgehead atoms. The Morgan fingerprint density at radius 1 is 1.47 bits per heavy atom. The Morgan fingerprint density at radius 2 is 2.20 bits per heavy atom. The van der Waals surface area contributed by atoms with Gasteiger partial charge in [0, 0.05) is 12.3 Å². The van der Waals surface area contributed by atoms with Crippen molar-refractivity contribution in [3.8, 4) is 0 Å². The first-order valence-corrected chi connectivity index (χ1v) is 4.44. The molecule has 5 heteroatoms. The Bertz CT molecular complexity index is 334. The van der Waals surface area contributed by atoms with E-state index in [9.17, 15) is 9.18 Å². The second-order valence-corrected chi connectivity index (χ2v) is 2.82. The summed E-state index contributed by atoms with van der Waals surface area (Å²) in [4.78, 5) is 11.3. The van der Waals surface area contributed by atoms with Crippen molar-refractivity contribution in [1.29, 1.82) is 0 Å². The smallest absolute Gasteiger partial charge is 0.340 e. The number of halogens is 1. The lowest BCUT2D eigenvalue weighted by Crippen LogP contribution is -2.09. The SMILES string of the molecule is CCOCOC(=O)c1cc(N)cc(F)c1. The van der Waals surface area contributed by atoms with Gasteiger partial charge in [0.25, 0.3) is 0 Å². The fourth-order valence-electron chi connectivity index (χ4n) is 0.992. The molecule has 0 saturated heterocycles. The third-order valence-corrected chi connectivity index (χ3v) is 1.63. The monoisotopic (exact) mass is 213 g/mol. The minimum atomic E-state index is -0.658. The molecule has 0 spiro atoms. The Labute approximate surface area is 86.8 Å². The van der Waals surface area contributed by atoms with Crippen LogP contribution < -0.4 is 5.73 Å². The lowest BCUT2D eigenvalue weighted by atomic mass is 10.2. The highest BCUT2D eigenvalue weighted by Crippen LogP contribution is 2.11. The van der Waals surface area contributed by atoms with E-state index >= 15 is 0 Å². The highest BCUT2D eigenvalue weighted by atomic mass is 19.1. The molecule has 0 unspecified atom stereocenters. The highest BCUT2D eigenvalue weighted by Gasteiger charge is 2.09. The van der Waals surface area contributed by atoms with Gasteiger partial charge in [0.2, 0.25) is 0 Å². The van der Waals surface area contributed by atoms with Crippen LogP contribution >= 0.6 is 0 Å². The molecular formula is C10H12FNO3. The number of nitrogens with two attached hydrogens (primary N) is 1. The molecule has 0 heterocycles. The predicted octanol–water partition coefficient (Wildman–Crippen LogP) is 1.56. The van der Waals surface area contributed by atoms with Gasteiger partial charge in [-0.25, -0.2) is 9.18 Å². The van der Waals surface area contributed by atoms with E-state index in [1.54, 1.807) is 6.92 Å². The van der Waals surface area contributed by atoms with E-state index < -0.39 is 11.8 Å². The Hall–Kier alpha value is -1.62. The predicted molar refractivity (Wildman–Crippen MR) is 52.7 cm³/mol. The maximum absolute atomic E-state index is 12.9. The first kappa shape index (κ1) is 11.5. The van der Waals surface area contributed by atoms with Crippen LogP contribution in [0.2, 0.25) is 0 Å². The molecule has 2 N–H and O–H groups in total. The first-order valence-electron chi connectivity index (χ1n) is 4.44. The maximum atomic E-state index is 12.9. The molecule has 0 radical (unpaired) electrons. The largest absolute Gasteiger partial charge is 0.435 e. The van der Waals surface area contributed by atoms with E-state index in [2.05, 4.69) is 0 Å². The van der Waals surface area contributed by atoms with E-state index in [0.717, 1.165) is 12.1 Å². The lowest BCUT2D eigenvalue weighted by Gasteiger charge is -2.05. The van der Waals surface area contributed by atoms with Crippen LogP contribution in [-0.4, -0.2) is 19.4 Å². The molecule has 0 aliphatic rings. The van der Waals surface area contributed by atoms with Crippen LogP contribution in [0, 0.1) is 5.82 Å². The number of esters is 1. The average Bonchev–Trinajstić information content (AvgIpc) is 2.16. The number of ether oxygens (including phenoxy) is 2. The van der Waals surface area contributed by atoms with Crippen LogP contribution in [0.15, 0.2) is 18.2 Å². The minimum Gasteiger partial charge on any atom is -0.435 e. The summed E-state index contributed by atoms with van der Waals surface area (Å²) < 4.78 is 22.4. The molecule has 0 saturated carbocycles. The number of rotatable bonds is 4. The molecule has 0 fully saturated rings. The second-order valence-electron chi connectivity index (χ2n) is 2.82. The number of carbonyl (C=O) groups excluding carboxylic acids is 1. The van der Waals surface area contributed by atoms with E-state index in [4.69, 9.17) is 15.2 Å². The van der Waals surface area contributed by atoms with Gasteiger partial charge in [-0.3, -0.25) is 0 Å². The summed E-state index contributed by atoms with van der Waals surface area (Å²) in [6.07, 6.45) is 0. The first-order chi connectivity index (χ1) is 7.13. The van der Waals surface area contributed by atoms with Crippen molar-refractivity contribution in [3.05, 3.63) is 29.6 Å². The normalized spacial score (nSPS) is 10.0. The van der Waals surface area contributed by atoms with Crippen LogP contribution in [-0.2, 0) is 9.47 Å². The van der Waals surface area contributed by atoms with Gasteiger partial charge < -0.3 is 15.2 Å². The Morgan fingerprint density at radius 3 is 2.80 bits per heavy atom. The lowest BCUT2D eigenvalue weighted by molar-refractivity contribution is -0.0274. The third kappa shape index (κ3) is 3.55. The van der Waals surface area contributed by atoms with Crippen LogP contribution in [0.5, 0.6) is 0 Å².